The molecule has 2 nitrogen and oxygen atoms in total. The maximum absolute atomic E-state index is 9.50. The summed E-state index contributed by atoms with van der Waals surface area (Å²) < 4.78 is 0. The van der Waals surface area contributed by atoms with Gasteiger partial charge in [0.05, 0.1) is 0 Å². The molecule has 0 bridgehead atoms. The van der Waals surface area contributed by atoms with Crippen LogP contribution in [0, 0.1) is 6.92 Å². The van der Waals surface area contributed by atoms with Crippen LogP contribution in [-0.4, -0.2) is 12.2 Å². The maximum Gasteiger partial charge on any atom is 0.120 e. The van der Waals surface area contributed by atoms with Crippen LogP contribution in [0.1, 0.15) is 24.1 Å². The van der Waals surface area contributed by atoms with E-state index in [1.807, 2.05) is 33.0 Å². The third-order valence-corrected chi connectivity index (χ3v) is 2.08. The molecule has 0 heterocycles. The van der Waals surface area contributed by atoms with Gasteiger partial charge in [-0.2, -0.15) is 0 Å². The summed E-state index contributed by atoms with van der Waals surface area (Å²) in [5.41, 5.74) is 2.13. The Bertz CT molecular complexity index is 271. The zero-order valence-corrected chi connectivity index (χ0v) is 7.76. The van der Waals surface area contributed by atoms with E-state index < -0.39 is 0 Å². The first kappa shape index (κ1) is 9.07. The lowest BCUT2D eigenvalue weighted by Crippen LogP contribution is -2.12. The summed E-state index contributed by atoms with van der Waals surface area (Å²) in [5.74, 6) is 0.363. The monoisotopic (exact) mass is 165 g/mol. The van der Waals surface area contributed by atoms with Gasteiger partial charge in [0.15, 0.2) is 0 Å². The van der Waals surface area contributed by atoms with Crippen LogP contribution in [0.3, 0.4) is 0 Å². The van der Waals surface area contributed by atoms with Gasteiger partial charge in [-0.3, -0.25) is 0 Å². The first-order chi connectivity index (χ1) is 5.65. The molecule has 1 aromatic rings. The van der Waals surface area contributed by atoms with Gasteiger partial charge in [-0.15, -0.1) is 0 Å². The molecule has 0 aliphatic carbocycles. The van der Waals surface area contributed by atoms with Crippen molar-refractivity contribution < 1.29 is 5.11 Å². The number of phenols is 1. The molecule has 2 N–H and O–H groups in total. The van der Waals surface area contributed by atoms with E-state index in [0.29, 0.717) is 5.75 Å². The molecule has 0 spiro atoms. The van der Waals surface area contributed by atoms with Gasteiger partial charge in [0, 0.05) is 11.6 Å². The zero-order chi connectivity index (χ0) is 9.14. The van der Waals surface area contributed by atoms with E-state index in [-0.39, 0.29) is 6.04 Å². The highest BCUT2D eigenvalue weighted by Crippen LogP contribution is 2.24. The number of aryl methyl sites for hydroxylation is 1. The van der Waals surface area contributed by atoms with Crippen molar-refractivity contribution in [1.82, 2.24) is 5.32 Å². The van der Waals surface area contributed by atoms with Gasteiger partial charge in [-0.05, 0) is 27.0 Å². The number of hydrogen-bond acceptors (Lipinski definition) is 2. The van der Waals surface area contributed by atoms with Crippen molar-refractivity contribution in [2.45, 2.75) is 19.9 Å². The van der Waals surface area contributed by atoms with E-state index in [2.05, 4.69) is 5.32 Å². The first-order valence-corrected chi connectivity index (χ1v) is 4.12. The second-order valence-electron chi connectivity index (χ2n) is 3.07. The van der Waals surface area contributed by atoms with E-state index in [1.54, 1.807) is 6.07 Å². The van der Waals surface area contributed by atoms with Gasteiger partial charge >= 0.3 is 0 Å². The summed E-state index contributed by atoms with van der Waals surface area (Å²) in [6.45, 7) is 4.04. The highest BCUT2D eigenvalue weighted by molar-refractivity contribution is 5.37. The topological polar surface area (TPSA) is 32.3 Å². The molecule has 0 radical (unpaired) electrons. The summed E-state index contributed by atoms with van der Waals surface area (Å²) in [5, 5.41) is 12.6. The summed E-state index contributed by atoms with van der Waals surface area (Å²) in [6.07, 6.45) is 0. The molecule has 1 aromatic carbocycles. The molecular formula is C10H15NO. The summed E-state index contributed by atoms with van der Waals surface area (Å²) in [6, 6.07) is 5.83. The summed E-state index contributed by atoms with van der Waals surface area (Å²) in [4.78, 5) is 0. The first-order valence-electron chi connectivity index (χ1n) is 4.12. The van der Waals surface area contributed by atoms with Crippen molar-refractivity contribution in [2.24, 2.45) is 0 Å². The van der Waals surface area contributed by atoms with Gasteiger partial charge in [0.1, 0.15) is 5.75 Å². The lowest BCUT2D eigenvalue weighted by atomic mass is 10.0. The van der Waals surface area contributed by atoms with Crippen LogP contribution in [0.2, 0.25) is 0 Å². The smallest absolute Gasteiger partial charge is 0.120 e. The van der Waals surface area contributed by atoms with Gasteiger partial charge in [0.2, 0.25) is 0 Å². The Morgan fingerprint density at radius 3 is 2.67 bits per heavy atom. The van der Waals surface area contributed by atoms with E-state index >= 15 is 0 Å². The molecule has 1 atom stereocenters. The van der Waals surface area contributed by atoms with Gasteiger partial charge in [-0.1, -0.05) is 17.7 Å². The molecule has 2 heteroatoms. The summed E-state index contributed by atoms with van der Waals surface area (Å²) in [7, 11) is 1.88. The van der Waals surface area contributed by atoms with Gasteiger partial charge in [-0.25, -0.2) is 0 Å². The number of phenolic OH excluding ortho intramolecular Hbond substituents is 1. The largest absolute Gasteiger partial charge is 0.508 e. The molecule has 0 amide bonds. The van der Waals surface area contributed by atoms with Gasteiger partial charge < -0.3 is 10.4 Å². The minimum absolute atomic E-state index is 0.199. The third-order valence-electron chi connectivity index (χ3n) is 2.08. The molecule has 0 aliphatic rings. The average Bonchev–Trinajstić information content (AvgIpc) is 2.08. The lowest BCUT2D eigenvalue weighted by molar-refractivity contribution is 0.457. The van der Waals surface area contributed by atoms with Crippen LogP contribution in [0.4, 0.5) is 0 Å². The predicted octanol–water partition coefficient (Wildman–Crippen LogP) is 1.98. The minimum atomic E-state index is 0.199. The normalized spacial score (nSPS) is 12.9. The second-order valence-corrected chi connectivity index (χ2v) is 3.07. The Balaban J connectivity index is 3.04. The molecule has 0 aromatic heterocycles. The number of hydrogen-bond donors (Lipinski definition) is 2. The molecule has 0 fully saturated rings. The van der Waals surface area contributed by atoms with Crippen molar-refractivity contribution >= 4 is 0 Å². The molecule has 1 rings (SSSR count). The molecular weight excluding hydrogens is 150 g/mol. The number of nitrogens with one attached hydrogen (secondary N) is 1. The van der Waals surface area contributed by atoms with Crippen LogP contribution in [-0.2, 0) is 0 Å². The van der Waals surface area contributed by atoms with Crippen molar-refractivity contribution in [2.75, 3.05) is 7.05 Å². The van der Waals surface area contributed by atoms with Crippen LogP contribution < -0.4 is 5.32 Å². The van der Waals surface area contributed by atoms with Crippen molar-refractivity contribution in [3.63, 3.8) is 0 Å². The van der Waals surface area contributed by atoms with Crippen LogP contribution in [0.25, 0.3) is 0 Å². The highest BCUT2D eigenvalue weighted by Gasteiger charge is 2.07. The number of rotatable bonds is 2. The van der Waals surface area contributed by atoms with Crippen LogP contribution in [0.5, 0.6) is 5.75 Å². The second kappa shape index (κ2) is 3.59. The summed E-state index contributed by atoms with van der Waals surface area (Å²) >= 11 is 0. The standard InChI is InChI=1S/C10H15NO/c1-7-4-5-10(12)9(6-7)8(2)11-3/h4-6,8,11-12H,1-3H3. The zero-order valence-electron chi connectivity index (χ0n) is 7.76. The van der Waals surface area contributed by atoms with E-state index in [4.69, 9.17) is 0 Å². The fourth-order valence-electron chi connectivity index (χ4n) is 1.18. The van der Waals surface area contributed by atoms with Gasteiger partial charge in [0.25, 0.3) is 0 Å². The van der Waals surface area contributed by atoms with E-state index in [0.717, 1.165) is 5.56 Å². The van der Waals surface area contributed by atoms with Crippen molar-refractivity contribution in [1.29, 1.82) is 0 Å². The van der Waals surface area contributed by atoms with Crippen LogP contribution >= 0.6 is 0 Å². The SMILES string of the molecule is CNC(C)c1cc(C)ccc1O. The predicted molar refractivity (Wildman–Crippen MR) is 50.3 cm³/mol. The Hall–Kier alpha value is -1.02. The molecule has 66 valence electrons. The Morgan fingerprint density at radius 1 is 1.42 bits per heavy atom. The average molecular weight is 165 g/mol. The molecule has 0 aliphatic heterocycles. The highest BCUT2D eigenvalue weighted by atomic mass is 16.3. The van der Waals surface area contributed by atoms with E-state index in [9.17, 15) is 5.11 Å². The van der Waals surface area contributed by atoms with Crippen molar-refractivity contribution in [3.05, 3.63) is 29.3 Å². The Kier molecular flexibility index (Phi) is 2.71. The minimum Gasteiger partial charge on any atom is -0.508 e. The molecule has 0 saturated carbocycles. The molecule has 1 unspecified atom stereocenters. The fourth-order valence-corrected chi connectivity index (χ4v) is 1.18. The Morgan fingerprint density at radius 2 is 2.08 bits per heavy atom. The maximum atomic E-state index is 9.50. The molecule has 12 heavy (non-hydrogen) atoms. The lowest BCUT2D eigenvalue weighted by Gasteiger charge is -2.12. The van der Waals surface area contributed by atoms with Crippen LogP contribution in [0.15, 0.2) is 18.2 Å². The van der Waals surface area contributed by atoms with E-state index in [1.165, 1.54) is 5.56 Å². The third kappa shape index (κ3) is 1.77. The number of benzene rings is 1. The Labute approximate surface area is 73.2 Å². The fraction of sp³-hybridized carbons (Fsp3) is 0.400. The molecule has 0 saturated heterocycles. The quantitative estimate of drug-likeness (QED) is 0.702. The number of aromatic hydroxyl groups is 1. The van der Waals surface area contributed by atoms with Crippen molar-refractivity contribution in [3.8, 4) is 5.75 Å².